The third-order valence-corrected chi connectivity index (χ3v) is 8.09. The number of hydrogen-bond donors (Lipinski definition) is 0. The molecule has 0 N–H and O–H groups in total. The smallest absolute Gasteiger partial charge is 0.0334 e. The van der Waals surface area contributed by atoms with E-state index < -0.39 is 0 Å². The Kier molecular flexibility index (Phi) is 3.30. The second-order valence-corrected chi connectivity index (χ2v) is 10.3. The zero-order chi connectivity index (χ0) is 17.2. The van der Waals surface area contributed by atoms with Crippen molar-refractivity contribution in [2.45, 2.75) is 89.9 Å². The molecule has 6 aliphatic carbocycles. The maximum atomic E-state index is 3.64. The molecule has 0 heteroatoms. The average Bonchev–Trinajstić information content (AvgIpc) is 2.47. The van der Waals surface area contributed by atoms with E-state index in [9.17, 15) is 0 Å². The van der Waals surface area contributed by atoms with Gasteiger partial charge in [0.05, 0.1) is 0 Å². The molecule has 0 amide bonds. The average molecular weight is 333 g/mol. The Bertz CT molecular complexity index is 699. The lowest BCUT2D eigenvalue weighted by atomic mass is 9.32. The number of rotatable bonds is 6. The molecule has 6 saturated carbocycles. The monoisotopic (exact) mass is 332 g/mol. The van der Waals surface area contributed by atoms with E-state index in [1.807, 2.05) is 0 Å². The summed E-state index contributed by atoms with van der Waals surface area (Å²) in [5, 5.41) is 0. The summed E-state index contributed by atoms with van der Waals surface area (Å²) in [7, 11) is 0. The fourth-order valence-electron chi connectivity index (χ4n) is 7.16. The molecule has 0 aromatic heterocycles. The van der Waals surface area contributed by atoms with Crippen molar-refractivity contribution in [3.8, 4) is 11.8 Å². The minimum absolute atomic E-state index is 0.410. The van der Waals surface area contributed by atoms with Crippen molar-refractivity contribution in [2.24, 2.45) is 16.2 Å². The van der Waals surface area contributed by atoms with Crippen LogP contribution in [-0.4, -0.2) is 0 Å². The lowest BCUT2D eigenvalue weighted by molar-refractivity contribution is -0.166. The third kappa shape index (κ3) is 2.27. The summed E-state index contributed by atoms with van der Waals surface area (Å²) < 4.78 is 0. The van der Waals surface area contributed by atoms with Gasteiger partial charge in [0.1, 0.15) is 0 Å². The van der Waals surface area contributed by atoms with Crippen LogP contribution in [0.1, 0.15) is 95.6 Å². The Morgan fingerprint density at radius 3 is 2.04 bits per heavy atom. The van der Waals surface area contributed by atoms with Gasteiger partial charge in [-0.1, -0.05) is 57.1 Å². The van der Waals surface area contributed by atoms with Gasteiger partial charge >= 0.3 is 0 Å². The fraction of sp³-hybridized carbons (Fsp3) is 0.680. The summed E-state index contributed by atoms with van der Waals surface area (Å²) >= 11 is 0. The van der Waals surface area contributed by atoms with Crippen LogP contribution < -0.4 is 0 Å². The van der Waals surface area contributed by atoms with E-state index in [0.29, 0.717) is 16.2 Å². The summed E-state index contributed by atoms with van der Waals surface area (Å²) in [6.45, 7) is 4.63. The molecule has 132 valence electrons. The predicted molar refractivity (Wildman–Crippen MR) is 104 cm³/mol. The van der Waals surface area contributed by atoms with E-state index in [0.717, 1.165) is 5.41 Å². The summed E-state index contributed by atoms with van der Waals surface area (Å²) in [5.41, 5.74) is 5.24. The van der Waals surface area contributed by atoms with Crippen LogP contribution in [0.3, 0.4) is 0 Å². The molecule has 0 heterocycles. The van der Waals surface area contributed by atoms with Crippen LogP contribution in [0.2, 0.25) is 0 Å². The van der Waals surface area contributed by atoms with Gasteiger partial charge in [-0.25, -0.2) is 0 Å². The Balaban J connectivity index is 1.19. The SMILES string of the molecule is CCCCC12CC(c3ccc(C#CC45CC(CCC)(C4)C5)cc3)(C1)C2. The highest BCUT2D eigenvalue weighted by molar-refractivity contribution is 5.45. The van der Waals surface area contributed by atoms with E-state index in [2.05, 4.69) is 50.0 Å². The van der Waals surface area contributed by atoms with Crippen LogP contribution in [0, 0.1) is 28.1 Å². The summed E-state index contributed by atoms with van der Waals surface area (Å²) in [4.78, 5) is 0. The topological polar surface area (TPSA) is 0 Å². The maximum Gasteiger partial charge on any atom is 0.0334 e. The molecule has 1 aromatic rings. The molecule has 6 fully saturated rings. The van der Waals surface area contributed by atoms with Gasteiger partial charge in [0, 0.05) is 11.0 Å². The van der Waals surface area contributed by atoms with Gasteiger partial charge in [-0.2, -0.15) is 0 Å². The molecular weight excluding hydrogens is 300 g/mol. The third-order valence-electron chi connectivity index (χ3n) is 8.09. The normalized spacial score (nSPS) is 42.2. The van der Waals surface area contributed by atoms with Crippen molar-refractivity contribution >= 4 is 0 Å². The van der Waals surface area contributed by atoms with Gasteiger partial charge < -0.3 is 0 Å². The molecule has 0 aliphatic heterocycles. The van der Waals surface area contributed by atoms with Gasteiger partial charge in [-0.3, -0.25) is 0 Å². The largest absolute Gasteiger partial charge is 0.0910 e. The molecule has 0 radical (unpaired) electrons. The highest BCUT2D eigenvalue weighted by atomic mass is 14.7. The summed E-state index contributed by atoms with van der Waals surface area (Å²) in [6, 6.07) is 9.34. The van der Waals surface area contributed by atoms with Crippen molar-refractivity contribution in [2.75, 3.05) is 0 Å². The summed E-state index contributed by atoms with van der Waals surface area (Å²) in [6.07, 6.45) is 15.5. The lowest BCUT2D eigenvalue weighted by Gasteiger charge is -2.72. The molecule has 25 heavy (non-hydrogen) atoms. The minimum Gasteiger partial charge on any atom is -0.0910 e. The molecule has 0 spiro atoms. The van der Waals surface area contributed by atoms with E-state index in [1.54, 1.807) is 5.56 Å². The molecule has 7 rings (SSSR count). The first-order valence-electron chi connectivity index (χ1n) is 10.7. The first kappa shape index (κ1) is 16.0. The van der Waals surface area contributed by atoms with Crippen LogP contribution in [0.5, 0.6) is 0 Å². The fourth-order valence-corrected chi connectivity index (χ4v) is 7.16. The minimum atomic E-state index is 0.410. The van der Waals surface area contributed by atoms with Crippen molar-refractivity contribution < 1.29 is 0 Å². The highest BCUT2D eigenvalue weighted by Crippen LogP contribution is 2.76. The van der Waals surface area contributed by atoms with Gasteiger partial charge in [-0.05, 0) is 85.3 Å². The van der Waals surface area contributed by atoms with Gasteiger partial charge in [0.15, 0.2) is 0 Å². The predicted octanol–water partition coefficient (Wildman–Crippen LogP) is 6.62. The standard InChI is InChI=1S/C25H32/c1-3-5-12-23-17-25(18-23,19-23)21-8-6-20(7-9-21)10-13-24-14-22(15-24,16-24)11-4-2/h6-9H,3-5,11-12,14-19H2,1-2H3. The number of unbranched alkanes of at least 4 members (excludes halogenated alkanes) is 1. The lowest BCUT2D eigenvalue weighted by Crippen LogP contribution is -2.64. The van der Waals surface area contributed by atoms with Crippen molar-refractivity contribution in [3.05, 3.63) is 35.4 Å². The zero-order valence-electron chi connectivity index (χ0n) is 16.1. The van der Waals surface area contributed by atoms with Gasteiger partial charge in [0.2, 0.25) is 0 Å². The summed E-state index contributed by atoms with van der Waals surface area (Å²) in [5.74, 6) is 7.13. The van der Waals surface area contributed by atoms with Gasteiger partial charge in [-0.15, -0.1) is 0 Å². The highest BCUT2D eigenvalue weighted by Gasteiger charge is 2.67. The van der Waals surface area contributed by atoms with Crippen molar-refractivity contribution in [3.63, 3.8) is 0 Å². The van der Waals surface area contributed by atoms with Crippen LogP contribution in [0.25, 0.3) is 0 Å². The van der Waals surface area contributed by atoms with E-state index in [1.165, 1.54) is 76.2 Å². The zero-order valence-corrected chi connectivity index (χ0v) is 16.1. The quantitative estimate of drug-likeness (QED) is 0.513. The van der Waals surface area contributed by atoms with Crippen LogP contribution >= 0.6 is 0 Å². The Labute approximate surface area is 153 Å². The molecular formula is C25H32. The van der Waals surface area contributed by atoms with Crippen LogP contribution in [0.4, 0.5) is 0 Å². The molecule has 0 nitrogen and oxygen atoms in total. The first-order chi connectivity index (χ1) is 12.0. The number of hydrogen-bond acceptors (Lipinski definition) is 0. The van der Waals surface area contributed by atoms with E-state index in [4.69, 9.17) is 0 Å². The molecule has 0 saturated heterocycles. The second kappa shape index (κ2) is 5.16. The van der Waals surface area contributed by atoms with Crippen molar-refractivity contribution in [1.29, 1.82) is 0 Å². The molecule has 0 unspecified atom stereocenters. The van der Waals surface area contributed by atoms with E-state index >= 15 is 0 Å². The van der Waals surface area contributed by atoms with Crippen LogP contribution in [-0.2, 0) is 5.41 Å². The molecule has 0 atom stereocenters. The first-order valence-corrected chi connectivity index (χ1v) is 10.7. The molecule has 4 bridgehead atoms. The molecule has 1 aromatic carbocycles. The number of benzene rings is 1. The Morgan fingerprint density at radius 2 is 1.44 bits per heavy atom. The van der Waals surface area contributed by atoms with Gasteiger partial charge in [0.25, 0.3) is 0 Å². The second-order valence-electron chi connectivity index (χ2n) is 10.3. The van der Waals surface area contributed by atoms with Crippen molar-refractivity contribution in [1.82, 2.24) is 0 Å². The molecule has 6 aliphatic rings. The van der Waals surface area contributed by atoms with Crippen LogP contribution in [0.15, 0.2) is 24.3 Å². The van der Waals surface area contributed by atoms with E-state index in [-0.39, 0.29) is 0 Å². The Hall–Kier alpha value is -1.22. The maximum absolute atomic E-state index is 3.64. The Morgan fingerprint density at radius 1 is 0.800 bits per heavy atom.